The normalized spacial score (nSPS) is 13.2. The highest BCUT2D eigenvalue weighted by Gasteiger charge is 2.12. The second-order valence-corrected chi connectivity index (χ2v) is 4.36. The van der Waals surface area contributed by atoms with Crippen molar-refractivity contribution in [2.45, 2.75) is 32.6 Å². The van der Waals surface area contributed by atoms with Crippen molar-refractivity contribution in [3.8, 4) is 0 Å². The Morgan fingerprint density at radius 1 is 1.41 bits per heavy atom. The summed E-state index contributed by atoms with van der Waals surface area (Å²) in [4.78, 5) is 15.9. The van der Waals surface area contributed by atoms with Gasteiger partial charge in [-0.25, -0.2) is 4.98 Å². The van der Waals surface area contributed by atoms with Crippen LogP contribution < -0.4 is 10.6 Å². The van der Waals surface area contributed by atoms with Gasteiger partial charge in [-0.3, -0.25) is 4.79 Å². The van der Waals surface area contributed by atoms with Gasteiger partial charge in [0.05, 0.1) is 6.54 Å². The quantitative estimate of drug-likeness (QED) is 0.810. The van der Waals surface area contributed by atoms with Crippen molar-refractivity contribution >= 4 is 11.7 Å². The van der Waals surface area contributed by atoms with Crippen LogP contribution >= 0.6 is 0 Å². The number of amides is 1. The summed E-state index contributed by atoms with van der Waals surface area (Å²) in [6.07, 6.45) is 4.36. The van der Waals surface area contributed by atoms with Gasteiger partial charge in [-0.2, -0.15) is 0 Å². The first-order valence-corrected chi connectivity index (χ1v) is 6.29. The molecule has 1 heterocycles. The molecule has 0 fully saturated rings. The third-order valence-electron chi connectivity index (χ3n) is 2.93. The minimum absolute atomic E-state index is 0.0224. The van der Waals surface area contributed by atoms with E-state index in [-0.39, 0.29) is 5.91 Å². The fourth-order valence-electron chi connectivity index (χ4n) is 2.02. The maximum Gasteiger partial charge on any atom is 0.239 e. The summed E-state index contributed by atoms with van der Waals surface area (Å²) in [6, 6.07) is 4.07. The first-order chi connectivity index (χ1) is 8.29. The van der Waals surface area contributed by atoms with Gasteiger partial charge >= 0.3 is 0 Å². The molecule has 92 valence electrons. The number of aryl methyl sites for hydroxylation is 2. The number of nitrogens with one attached hydrogen (secondary N) is 2. The van der Waals surface area contributed by atoms with Crippen molar-refractivity contribution < 1.29 is 4.79 Å². The Morgan fingerprint density at radius 3 is 3.12 bits per heavy atom. The lowest BCUT2D eigenvalue weighted by Crippen LogP contribution is -2.30. The van der Waals surface area contributed by atoms with E-state index in [1.165, 1.54) is 17.7 Å². The highest BCUT2D eigenvalue weighted by atomic mass is 16.1. The van der Waals surface area contributed by atoms with Gasteiger partial charge in [0.1, 0.15) is 5.82 Å². The Labute approximate surface area is 102 Å². The van der Waals surface area contributed by atoms with Crippen LogP contribution in [0.5, 0.6) is 0 Å². The van der Waals surface area contributed by atoms with Crippen LogP contribution in [0, 0.1) is 0 Å². The molecular formula is C13H19N3O. The number of hydrogen-bond donors (Lipinski definition) is 2. The molecule has 4 nitrogen and oxygen atoms in total. The molecule has 0 atom stereocenters. The van der Waals surface area contributed by atoms with Crippen molar-refractivity contribution in [2.75, 3.05) is 18.4 Å². The highest BCUT2D eigenvalue weighted by Crippen LogP contribution is 2.21. The lowest BCUT2D eigenvalue weighted by atomic mass is 10.2. The van der Waals surface area contributed by atoms with Crippen molar-refractivity contribution in [1.29, 1.82) is 0 Å². The van der Waals surface area contributed by atoms with E-state index >= 15 is 0 Å². The van der Waals surface area contributed by atoms with Gasteiger partial charge in [0.15, 0.2) is 0 Å². The molecule has 1 aromatic heterocycles. The second kappa shape index (κ2) is 5.66. The Bertz CT molecular complexity index is 404. The number of carbonyl (C=O) groups excluding carboxylic acids is 1. The summed E-state index contributed by atoms with van der Waals surface area (Å²) in [5, 5.41) is 5.89. The van der Waals surface area contributed by atoms with E-state index in [0.717, 1.165) is 31.6 Å². The highest BCUT2D eigenvalue weighted by molar-refractivity contribution is 5.80. The maximum absolute atomic E-state index is 11.4. The third kappa shape index (κ3) is 3.19. The second-order valence-electron chi connectivity index (χ2n) is 4.36. The summed E-state index contributed by atoms with van der Waals surface area (Å²) in [6.45, 7) is 3.07. The number of fused-ring (bicyclic) bond motifs is 1. The predicted molar refractivity (Wildman–Crippen MR) is 68.1 cm³/mol. The summed E-state index contributed by atoms with van der Waals surface area (Å²) in [7, 11) is 0. The van der Waals surface area contributed by atoms with Gasteiger partial charge in [-0.15, -0.1) is 0 Å². The van der Waals surface area contributed by atoms with Gasteiger partial charge in [-0.1, -0.05) is 13.0 Å². The molecule has 1 aliphatic carbocycles. The van der Waals surface area contributed by atoms with Crippen LogP contribution in [0.1, 0.15) is 31.0 Å². The van der Waals surface area contributed by atoms with E-state index in [2.05, 4.69) is 21.7 Å². The minimum Gasteiger partial charge on any atom is -0.361 e. The van der Waals surface area contributed by atoms with Gasteiger partial charge in [0.25, 0.3) is 0 Å². The number of hydrogen-bond acceptors (Lipinski definition) is 3. The molecule has 2 rings (SSSR count). The molecule has 17 heavy (non-hydrogen) atoms. The lowest BCUT2D eigenvalue weighted by molar-refractivity contribution is -0.119. The average molecular weight is 233 g/mol. The number of rotatable bonds is 5. The number of aromatic nitrogens is 1. The van der Waals surface area contributed by atoms with Crippen molar-refractivity contribution in [3.63, 3.8) is 0 Å². The van der Waals surface area contributed by atoms with E-state index in [4.69, 9.17) is 0 Å². The van der Waals surface area contributed by atoms with Crippen LogP contribution in [0.3, 0.4) is 0 Å². The summed E-state index contributed by atoms with van der Waals surface area (Å²) >= 11 is 0. The van der Waals surface area contributed by atoms with Gasteiger partial charge in [0.2, 0.25) is 5.91 Å². The number of pyridine rings is 1. The van der Waals surface area contributed by atoms with E-state index < -0.39 is 0 Å². The Kier molecular flexibility index (Phi) is 3.96. The van der Waals surface area contributed by atoms with Crippen molar-refractivity contribution in [1.82, 2.24) is 10.3 Å². The van der Waals surface area contributed by atoms with Crippen LogP contribution in [-0.4, -0.2) is 24.0 Å². The van der Waals surface area contributed by atoms with Gasteiger partial charge < -0.3 is 10.6 Å². The van der Waals surface area contributed by atoms with Gasteiger partial charge in [0, 0.05) is 12.2 Å². The fourth-order valence-corrected chi connectivity index (χ4v) is 2.02. The van der Waals surface area contributed by atoms with E-state index in [0.29, 0.717) is 6.54 Å². The van der Waals surface area contributed by atoms with Gasteiger partial charge in [-0.05, 0) is 37.3 Å². The molecule has 0 spiro atoms. The Balaban J connectivity index is 1.85. The molecule has 0 saturated heterocycles. The molecule has 0 unspecified atom stereocenters. The summed E-state index contributed by atoms with van der Waals surface area (Å²) in [5.74, 6) is 0.825. The van der Waals surface area contributed by atoms with Crippen LogP contribution in [-0.2, 0) is 17.6 Å². The van der Waals surface area contributed by atoms with E-state index in [1.54, 1.807) is 0 Å². The topological polar surface area (TPSA) is 54.0 Å². The van der Waals surface area contributed by atoms with Crippen LogP contribution in [0.2, 0.25) is 0 Å². The molecule has 2 N–H and O–H groups in total. The molecule has 1 aliphatic rings. The summed E-state index contributed by atoms with van der Waals surface area (Å²) in [5.41, 5.74) is 2.54. The predicted octanol–water partition coefficient (Wildman–Crippen LogP) is 1.51. The molecule has 0 aromatic carbocycles. The van der Waals surface area contributed by atoms with Crippen LogP contribution in [0.15, 0.2) is 12.1 Å². The monoisotopic (exact) mass is 233 g/mol. The molecule has 1 amide bonds. The number of nitrogens with zero attached hydrogens (tertiary/aromatic N) is 1. The standard InChI is InChI=1S/C13H19N3O/c1-2-8-14-13(17)9-15-12-7-6-10-4-3-5-11(10)16-12/h6-7H,2-5,8-9H2,1H3,(H,14,17)(H,15,16). The molecule has 0 saturated carbocycles. The Morgan fingerprint density at radius 2 is 2.29 bits per heavy atom. The average Bonchev–Trinajstić information content (AvgIpc) is 2.81. The first kappa shape index (κ1) is 11.9. The van der Waals surface area contributed by atoms with E-state index in [1.807, 2.05) is 13.0 Å². The molecule has 0 aliphatic heterocycles. The fraction of sp³-hybridized carbons (Fsp3) is 0.538. The third-order valence-corrected chi connectivity index (χ3v) is 2.93. The van der Waals surface area contributed by atoms with Crippen molar-refractivity contribution in [3.05, 3.63) is 23.4 Å². The minimum atomic E-state index is 0.0224. The molecule has 4 heteroatoms. The summed E-state index contributed by atoms with van der Waals surface area (Å²) < 4.78 is 0. The largest absolute Gasteiger partial charge is 0.361 e. The molecular weight excluding hydrogens is 214 g/mol. The Hall–Kier alpha value is -1.58. The number of carbonyl (C=O) groups is 1. The smallest absolute Gasteiger partial charge is 0.239 e. The first-order valence-electron chi connectivity index (χ1n) is 6.29. The molecule has 0 radical (unpaired) electrons. The van der Waals surface area contributed by atoms with Crippen molar-refractivity contribution in [2.24, 2.45) is 0 Å². The zero-order chi connectivity index (χ0) is 12.1. The molecule has 1 aromatic rings. The molecule has 0 bridgehead atoms. The van der Waals surface area contributed by atoms with Crippen LogP contribution in [0.25, 0.3) is 0 Å². The number of anilines is 1. The maximum atomic E-state index is 11.4. The SMILES string of the molecule is CCCNC(=O)CNc1ccc2c(n1)CCC2. The zero-order valence-corrected chi connectivity index (χ0v) is 10.3. The van der Waals surface area contributed by atoms with Crippen LogP contribution in [0.4, 0.5) is 5.82 Å². The zero-order valence-electron chi connectivity index (χ0n) is 10.3. The lowest BCUT2D eigenvalue weighted by Gasteiger charge is -2.07. The van der Waals surface area contributed by atoms with E-state index in [9.17, 15) is 4.79 Å².